The van der Waals surface area contributed by atoms with Crippen LogP contribution in [0.15, 0.2) is 41.5 Å². The van der Waals surface area contributed by atoms with E-state index in [4.69, 9.17) is 9.47 Å². The number of nitrogens with one attached hydrogen (secondary N) is 1. The molecular formula is C17H17N3O5. The van der Waals surface area contributed by atoms with Crippen molar-refractivity contribution >= 4 is 17.8 Å². The van der Waals surface area contributed by atoms with Crippen molar-refractivity contribution in [2.45, 2.75) is 6.92 Å². The summed E-state index contributed by atoms with van der Waals surface area (Å²) in [4.78, 5) is 22.7. The molecule has 8 heteroatoms. The fraction of sp³-hybridized carbons (Fsp3) is 0.176. The first-order valence-corrected chi connectivity index (χ1v) is 7.27. The van der Waals surface area contributed by atoms with Crippen LogP contribution in [0.2, 0.25) is 0 Å². The first kappa shape index (κ1) is 17.9. The van der Waals surface area contributed by atoms with E-state index < -0.39 is 10.8 Å². The molecule has 0 saturated heterocycles. The van der Waals surface area contributed by atoms with Crippen molar-refractivity contribution in [2.24, 2.45) is 5.10 Å². The van der Waals surface area contributed by atoms with Crippen LogP contribution in [0.3, 0.4) is 0 Å². The Morgan fingerprint density at radius 2 is 1.84 bits per heavy atom. The van der Waals surface area contributed by atoms with E-state index in [9.17, 15) is 14.9 Å². The molecule has 25 heavy (non-hydrogen) atoms. The summed E-state index contributed by atoms with van der Waals surface area (Å²) in [5, 5.41) is 15.0. The number of carbonyl (C=O) groups is 1. The van der Waals surface area contributed by atoms with Crippen molar-refractivity contribution in [3.63, 3.8) is 0 Å². The molecule has 0 fully saturated rings. The Hall–Kier alpha value is -3.42. The van der Waals surface area contributed by atoms with Gasteiger partial charge in [-0.15, -0.1) is 0 Å². The number of hydrogen-bond donors (Lipinski definition) is 1. The maximum absolute atomic E-state index is 12.1. The number of nitro benzene ring substituents is 1. The van der Waals surface area contributed by atoms with E-state index in [2.05, 4.69) is 10.5 Å². The van der Waals surface area contributed by atoms with Gasteiger partial charge in [0.1, 0.15) is 0 Å². The zero-order valence-corrected chi connectivity index (χ0v) is 14.0. The third kappa shape index (κ3) is 4.11. The summed E-state index contributed by atoms with van der Waals surface area (Å²) in [6.45, 7) is 1.80. The van der Waals surface area contributed by atoms with Crippen LogP contribution in [0.25, 0.3) is 0 Å². The number of carbonyl (C=O) groups excluding carboxylic acids is 1. The van der Waals surface area contributed by atoms with Crippen molar-refractivity contribution < 1.29 is 19.2 Å². The van der Waals surface area contributed by atoms with Gasteiger partial charge in [-0.2, -0.15) is 5.10 Å². The summed E-state index contributed by atoms with van der Waals surface area (Å²) < 4.78 is 10.2. The molecule has 0 aliphatic heterocycles. The highest BCUT2D eigenvalue weighted by atomic mass is 16.6. The molecule has 0 spiro atoms. The van der Waals surface area contributed by atoms with Crippen LogP contribution in [0.1, 0.15) is 21.5 Å². The second-order valence-corrected chi connectivity index (χ2v) is 5.04. The molecule has 2 aromatic carbocycles. The second-order valence-electron chi connectivity index (χ2n) is 5.04. The maximum atomic E-state index is 12.1. The summed E-state index contributed by atoms with van der Waals surface area (Å²) >= 11 is 0. The van der Waals surface area contributed by atoms with Crippen LogP contribution < -0.4 is 14.9 Å². The molecule has 0 aliphatic rings. The van der Waals surface area contributed by atoms with Crippen molar-refractivity contribution in [3.8, 4) is 11.5 Å². The van der Waals surface area contributed by atoms with E-state index in [1.165, 1.54) is 32.6 Å². The van der Waals surface area contributed by atoms with E-state index in [1.54, 1.807) is 25.1 Å². The first-order chi connectivity index (χ1) is 12.0. The highest BCUT2D eigenvalue weighted by Crippen LogP contribution is 2.33. The van der Waals surface area contributed by atoms with Gasteiger partial charge in [-0.05, 0) is 24.6 Å². The van der Waals surface area contributed by atoms with Crippen molar-refractivity contribution in [1.82, 2.24) is 5.43 Å². The van der Waals surface area contributed by atoms with Crippen LogP contribution in [-0.2, 0) is 0 Å². The molecule has 0 atom stereocenters. The quantitative estimate of drug-likeness (QED) is 0.493. The van der Waals surface area contributed by atoms with Crippen molar-refractivity contribution in [3.05, 3.63) is 63.2 Å². The minimum absolute atomic E-state index is 0.174. The number of nitro groups is 1. The van der Waals surface area contributed by atoms with Gasteiger partial charge < -0.3 is 9.47 Å². The lowest BCUT2D eigenvalue weighted by Crippen LogP contribution is -2.18. The summed E-state index contributed by atoms with van der Waals surface area (Å²) in [7, 11) is 2.81. The lowest BCUT2D eigenvalue weighted by atomic mass is 10.1. The van der Waals surface area contributed by atoms with Gasteiger partial charge in [-0.3, -0.25) is 14.9 Å². The predicted octanol–water partition coefficient (Wildman–Crippen LogP) is 2.68. The molecule has 0 heterocycles. The van der Waals surface area contributed by atoms with Gasteiger partial charge in [0.2, 0.25) is 0 Å². The molecule has 2 rings (SSSR count). The Bertz CT molecular complexity index is 833. The fourth-order valence-electron chi connectivity index (χ4n) is 2.19. The number of hydrazone groups is 1. The fourth-order valence-corrected chi connectivity index (χ4v) is 2.19. The third-order valence-corrected chi connectivity index (χ3v) is 3.49. The minimum atomic E-state index is -0.563. The summed E-state index contributed by atoms with van der Waals surface area (Å²) in [6.07, 6.45) is 1.19. The number of ether oxygens (including phenoxy) is 2. The Balaban J connectivity index is 2.26. The lowest BCUT2D eigenvalue weighted by molar-refractivity contribution is -0.385. The van der Waals surface area contributed by atoms with Gasteiger partial charge in [-0.1, -0.05) is 18.2 Å². The lowest BCUT2D eigenvalue weighted by Gasteiger charge is -2.08. The van der Waals surface area contributed by atoms with E-state index >= 15 is 0 Å². The number of methoxy groups -OCH3 is 2. The van der Waals surface area contributed by atoms with Crippen LogP contribution in [0.5, 0.6) is 11.5 Å². The molecule has 0 saturated carbocycles. The van der Waals surface area contributed by atoms with Gasteiger partial charge in [0.05, 0.1) is 37.0 Å². The molecule has 1 N–H and O–H groups in total. The largest absolute Gasteiger partial charge is 0.493 e. The summed E-state index contributed by atoms with van der Waals surface area (Å²) in [5.74, 6) is 0.146. The maximum Gasteiger partial charge on any atom is 0.282 e. The minimum Gasteiger partial charge on any atom is -0.493 e. The molecule has 8 nitrogen and oxygen atoms in total. The van der Waals surface area contributed by atoms with Crippen LogP contribution in [0, 0.1) is 17.0 Å². The zero-order valence-electron chi connectivity index (χ0n) is 14.0. The Labute approximate surface area is 144 Å². The average Bonchev–Trinajstić information content (AvgIpc) is 2.61. The Morgan fingerprint density at radius 1 is 1.20 bits per heavy atom. The number of benzene rings is 2. The van der Waals surface area contributed by atoms with Crippen LogP contribution >= 0.6 is 0 Å². The topological polar surface area (TPSA) is 103 Å². The highest BCUT2D eigenvalue weighted by molar-refractivity contribution is 5.96. The molecule has 0 radical (unpaired) electrons. The van der Waals surface area contributed by atoms with Gasteiger partial charge in [-0.25, -0.2) is 5.43 Å². The van der Waals surface area contributed by atoms with E-state index in [-0.39, 0.29) is 17.0 Å². The average molecular weight is 343 g/mol. The SMILES string of the molecule is COc1cc(/C=N\NC(=O)c2ccccc2C)c([N+](=O)[O-])cc1OC. The smallest absolute Gasteiger partial charge is 0.282 e. The van der Waals surface area contributed by atoms with Gasteiger partial charge in [0.15, 0.2) is 11.5 Å². The monoisotopic (exact) mass is 343 g/mol. The van der Waals surface area contributed by atoms with Gasteiger partial charge in [0, 0.05) is 5.56 Å². The van der Waals surface area contributed by atoms with Gasteiger partial charge >= 0.3 is 0 Å². The third-order valence-electron chi connectivity index (χ3n) is 3.49. The van der Waals surface area contributed by atoms with Crippen LogP contribution in [0.4, 0.5) is 5.69 Å². The van der Waals surface area contributed by atoms with E-state index in [0.29, 0.717) is 11.3 Å². The zero-order chi connectivity index (χ0) is 18.4. The van der Waals surface area contributed by atoms with Crippen LogP contribution in [-0.4, -0.2) is 31.3 Å². The molecule has 0 bridgehead atoms. The normalized spacial score (nSPS) is 10.5. The molecule has 130 valence electrons. The van der Waals surface area contributed by atoms with Crippen molar-refractivity contribution in [2.75, 3.05) is 14.2 Å². The molecule has 0 unspecified atom stereocenters. The summed E-state index contributed by atoms with van der Waals surface area (Å²) in [5.41, 5.74) is 3.59. The predicted molar refractivity (Wildman–Crippen MR) is 92.4 cm³/mol. The number of nitrogens with zero attached hydrogens (tertiary/aromatic N) is 2. The van der Waals surface area contributed by atoms with Crippen molar-refractivity contribution in [1.29, 1.82) is 0 Å². The van der Waals surface area contributed by atoms with E-state index in [0.717, 1.165) is 5.56 Å². The van der Waals surface area contributed by atoms with Gasteiger partial charge in [0.25, 0.3) is 11.6 Å². The number of aryl methyl sites for hydroxylation is 1. The highest BCUT2D eigenvalue weighted by Gasteiger charge is 2.18. The Kier molecular flexibility index (Phi) is 5.67. The number of amides is 1. The second kappa shape index (κ2) is 7.91. The molecule has 2 aromatic rings. The standard InChI is InChI=1S/C17H17N3O5/c1-11-6-4-5-7-13(11)17(21)19-18-10-12-8-15(24-2)16(25-3)9-14(12)20(22)23/h4-10H,1-3H3,(H,19,21)/b18-10-. The number of hydrogen-bond acceptors (Lipinski definition) is 6. The first-order valence-electron chi connectivity index (χ1n) is 7.27. The van der Waals surface area contributed by atoms with E-state index in [1.807, 2.05) is 6.07 Å². The Morgan fingerprint density at radius 3 is 2.44 bits per heavy atom. The summed E-state index contributed by atoms with van der Waals surface area (Å²) in [6, 6.07) is 9.69. The molecule has 1 amide bonds. The molecule has 0 aliphatic carbocycles. The molecule has 0 aromatic heterocycles. The molecular weight excluding hydrogens is 326 g/mol. The number of rotatable bonds is 6.